The Morgan fingerprint density at radius 3 is 2.49 bits per heavy atom. The number of amides is 3. The number of hydrogen-bond acceptors (Lipinski definition) is 6. The third kappa shape index (κ3) is 8.81. The second-order valence-electron chi connectivity index (χ2n) is 13.3. The van der Waals surface area contributed by atoms with E-state index in [0.717, 1.165) is 42.5 Å². The summed E-state index contributed by atoms with van der Waals surface area (Å²) in [6.07, 6.45) is 7.27. The predicted molar refractivity (Wildman–Crippen MR) is 167 cm³/mol. The molecule has 1 aromatic heterocycles. The van der Waals surface area contributed by atoms with E-state index in [1.54, 1.807) is 11.9 Å². The van der Waals surface area contributed by atoms with Crippen LogP contribution in [0, 0.1) is 23.2 Å². The Hall–Kier alpha value is -2.92. The van der Waals surface area contributed by atoms with Crippen molar-refractivity contribution in [1.29, 1.82) is 0 Å². The minimum atomic E-state index is -0.961. The molecule has 0 aromatic carbocycles. The molecule has 1 aromatic rings. The number of nitrogens with zero attached hydrogens (tertiary/aromatic N) is 5. The Kier molecular flexibility index (Phi) is 12.2. The summed E-state index contributed by atoms with van der Waals surface area (Å²) in [5, 5.41) is 17.5. The largest absolute Gasteiger partial charge is 0.465 e. The van der Waals surface area contributed by atoms with E-state index in [9.17, 15) is 19.5 Å². The number of nitrogens with one attached hydrogen (secondary N) is 1. The highest BCUT2D eigenvalue weighted by Crippen LogP contribution is 2.48. The maximum Gasteiger partial charge on any atom is 0.407 e. The highest BCUT2D eigenvalue weighted by molar-refractivity contribution is 5.89. The molecule has 0 radical (unpaired) electrons. The lowest BCUT2D eigenvalue weighted by Crippen LogP contribution is -2.49. The van der Waals surface area contributed by atoms with E-state index < -0.39 is 23.3 Å². The number of carbonyl (C=O) groups is 3. The number of aromatic nitrogens is 2. The van der Waals surface area contributed by atoms with Crippen LogP contribution in [0.15, 0.2) is 12.3 Å². The first-order valence-corrected chi connectivity index (χ1v) is 15.8. The fourth-order valence-electron chi connectivity index (χ4n) is 5.86. The summed E-state index contributed by atoms with van der Waals surface area (Å²) in [6.45, 7) is 13.6. The summed E-state index contributed by atoms with van der Waals surface area (Å²) < 4.78 is 7.96. The van der Waals surface area contributed by atoms with E-state index in [0.29, 0.717) is 51.7 Å². The lowest BCUT2D eigenvalue weighted by molar-refractivity contribution is -0.140. The average Bonchev–Trinajstić information content (AvgIpc) is 3.38. The van der Waals surface area contributed by atoms with Gasteiger partial charge in [-0.25, -0.2) is 9.48 Å². The van der Waals surface area contributed by atoms with E-state index in [1.165, 1.54) is 4.90 Å². The van der Waals surface area contributed by atoms with Crippen LogP contribution in [-0.2, 0) is 20.9 Å². The monoisotopic (exact) mass is 602 g/mol. The molecule has 3 atom stereocenters. The van der Waals surface area contributed by atoms with Crippen LogP contribution in [0.5, 0.6) is 0 Å². The van der Waals surface area contributed by atoms with Gasteiger partial charge in [-0.3, -0.25) is 9.59 Å². The smallest absolute Gasteiger partial charge is 0.407 e. The third-order valence-corrected chi connectivity index (χ3v) is 9.09. The van der Waals surface area contributed by atoms with Gasteiger partial charge >= 0.3 is 6.09 Å². The van der Waals surface area contributed by atoms with E-state index in [-0.39, 0.29) is 18.0 Å². The fourth-order valence-corrected chi connectivity index (χ4v) is 5.86. The molecule has 11 nitrogen and oxygen atoms in total. The Bertz CT molecular complexity index is 1140. The van der Waals surface area contributed by atoms with Crippen LogP contribution in [0.2, 0.25) is 0 Å². The summed E-state index contributed by atoms with van der Waals surface area (Å²) in [7, 11) is 5.33. The summed E-state index contributed by atoms with van der Waals surface area (Å²) in [5.41, 5.74) is 2.04. The van der Waals surface area contributed by atoms with Crippen LogP contribution in [0.1, 0.15) is 84.2 Å². The zero-order valence-electron chi connectivity index (χ0n) is 27.6. The van der Waals surface area contributed by atoms with E-state index >= 15 is 0 Å². The third-order valence-electron chi connectivity index (χ3n) is 9.09. The number of carbonyl (C=O) groups excluding carboxylic acids is 2. The molecule has 1 saturated heterocycles. The fraction of sp³-hybridized carbons (Fsp3) is 0.750. The molecule has 2 heterocycles. The lowest BCUT2D eigenvalue weighted by atomic mass is 9.62. The predicted octanol–water partition coefficient (Wildman–Crippen LogP) is 4.31. The molecule has 1 fully saturated rings. The van der Waals surface area contributed by atoms with Crippen molar-refractivity contribution in [2.24, 2.45) is 23.2 Å². The second-order valence-corrected chi connectivity index (χ2v) is 13.3. The Labute approximate surface area is 257 Å². The summed E-state index contributed by atoms with van der Waals surface area (Å²) >= 11 is 0. The van der Waals surface area contributed by atoms with Gasteiger partial charge in [0.1, 0.15) is 6.23 Å². The Balaban J connectivity index is 2.02. The summed E-state index contributed by atoms with van der Waals surface area (Å²) in [4.78, 5) is 43.9. The summed E-state index contributed by atoms with van der Waals surface area (Å²) in [6, 6.07) is 0. The molecular weight excluding hydrogens is 548 g/mol. The van der Waals surface area contributed by atoms with E-state index in [4.69, 9.17) is 9.84 Å². The van der Waals surface area contributed by atoms with Gasteiger partial charge in [0.25, 0.3) is 0 Å². The van der Waals surface area contributed by atoms with Crippen molar-refractivity contribution in [3.8, 4) is 0 Å². The normalized spacial score (nSPS) is 21.9. The van der Waals surface area contributed by atoms with E-state index in [2.05, 4.69) is 24.1 Å². The quantitative estimate of drug-likeness (QED) is 0.345. The number of ether oxygens (including phenoxy) is 1. The van der Waals surface area contributed by atoms with Crippen molar-refractivity contribution >= 4 is 23.5 Å². The number of likely N-dealkylation sites (N-methyl/N-ethyl adjacent to an activating group) is 2. The van der Waals surface area contributed by atoms with Crippen molar-refractivity contribution in [3.63, 3.8) is 0 Å². The van der Waals surface area contributed by atoms with Crippen LogP contribution >= 0.6 is 0 Å². The zero-order chi connectivity index (χ0) is 31.9. The van der Waals surface area contributed by atoms with Crippen LogP contribution in [-0.4, -0.2) is 101 Å². The molecule has 3 unspecified atom stereocenters. The van der Waals surface area contributed by atoms with Gasteiger partial charge in [-0.1, -0.05) is 33.8 Å². The van der Waals surface area contributed by atoms with Gasteiger partial charge in [0, 0.05) is 71.1 Å². The van der Waals surface area contributed by atoms with Crippen molar-refractivity contribution in [1.82, 2.24) is 29.8 Å². The number of carboxylic acid groups (broad SMARTS) is 1. The molecular formula is C32H54N6O5. The highest BCUT2D eigenvalue weighted by Gasteiger charge is 2.48. The number of rotatable bonds is 13. The van der Waals surface area contributed by atoms with Crippen LogP contribution in [0.25, 0.3) is 5.57 Å². The molecule has 1 aliphatic carbocycles. The zero-order valence-corrected chi connectivity index (χ0v) is 27.6. The minimum absolute atomic E-state index is 0.00453. The molecule has 2 aliphatic rings. The molecule has 3 amide bonds. The SMILES string of the molecule is CCN(C)C(=O)C1C=C(c2nn(C3CCCCO3)cc2CN(C)CCN(C)C(=O)O)CC(C(=O)NCCC(C)C)C1(C)C. The Morgan fingerprint density at radius 1 is 1.16 bits per heavy atom. The van der Waals surface area contributed by atoms with Gasteiger partial charge in [0.05, 0.1) is 11.6 Å². The maximum absolute atomic E-state index is 13.8. The Morgan fingerprint density at radius 2 is 1.88 bits per heavy atom. The number of hydrogen-bond donors (Lipinski definition) is 2. The molecule has 1 aliphatic heterocycles. The molecule has 3 rings (SSSR count). The average molecular weight is 603 g/mol. The number of allylic oxidation sites excluding steroid dienone is 1. The second kappa shape index (κ2) is 15.2. The first-order chi connectivity index (χ1) is 20.3. The van der Waals surface area contributed by atoms with E-state index in [1.807, 2.05) is 51.8 Å². The van der Waals surface area contributed by atoms with Crippen molar-refractivity contribution < 1.29 is 24.2 Å². The van der Waals surface area contributed by atoms with Crippen LogP contribution in [0.4, 0.5) is 4.79 Å². The molecule has 11 heteroatoms. The van der Waals surface area contributed by atoms with Gasteiger partial charge in [0.15, 0.2) is 0 Å². The van der Waals surface area contributed by atoms with Gasteiger partial charge in [-0.15, -0.1) is 0 Å². The maximum atomic E-state index is 13.8. The first-order valence-electron chi connectivity index (χ1n) is 15.8. The molecule has 242 valence electrons. The van der Waals surface area contributed by atoms with Gasteiger partial charge < -0.3 is 29.9 Å². The van der Waals surface area contributed by atoms with Crippen LogP contribution in [0.3, 0.4) is 0 Å². The highest BCUT2D eigenvalue weighted by atomic mass is 16.5. The van der Waals surface area contributed by atoms with Crippen molar-refractivity contribution in [3.05, 3.63) is 23.5 Å². The van der Waals surface area contributed by atoms with Gasteiger partial charge in [-0.05, 0) is 63.0 Å². The molecule has 0 bridgehead atoms. The van der Waals surface area contributed by atoms with Crippen molar-refractivity contribution in [2.75, 3.05) is 53.9 Å². The van der Waals surface area contributed by atoms with Gasteiger partial charge in [-0.2, -0.15) is 5.10 Å². The topological polar surface area (TPSA) is 120 Å². The minimum Gasteiger partial charge on any atom is -0.465 e. The van der Waals surface area contributed by atoms with Crippen LogP contribution < -0.4 is 5.32 Å². The van der Waals surface area contributed by atoms with Gasteiger partial charge in [0.2, 0.25) is 11.8 Å². The van der Waals surface area contributed by atoms with Crippen molar-refractivity contribution in [2.45, 2.75) is 79.5 Å². The molecule has 43 heavy (non-hydrogen) atoms. The molecule has 2 N–H and O–H groups in total. The molecule has 0 saturated carbocycles. The standard InChI is InChI=1S/C32H54N6O5/c1-9-36(7)30(40)26-19-23(18-25(32(26,4)5)29(39)33-14-13-22(2)3)28-24(20-35(6)15-16-37(8)31(41)42)21-38(34-28)27-12-10-11-17-43-27/h19,21-22,25-27H,9-18,20H2,1-8H3,(H,33,39)(H,41,42). The molecule has 0 spiro atoms. The summed E-state index contributed by atoms with van der Waals surface area (Å²) in [5.74, 6) is -0.463. The lowest BCUT2D eigenvalue weighted by Gasteiger charge is -2.43. The first kappa shape index (κ1) is 34.6.